The monoisotopic (exact) mass is 351 g/mol. The Kier molecular flexibility index (Phi) is 4.53. The largest absolute Gasteiger partial charge is 0.381 e. The molecule has 1 aromatic carbocycles. The van der Waals surface area contributed by atoms with Crippen molar-refractivity contribution < 1.29 is 9.53 Å². The van der Waals surface area contributed by atoms with Crippen LogP contribution in [0.4, 0.5) is 5.69 Å². The second kappa shape index (κ2) is 7.13. The highest BCUT2D eigenvalue weighted by molar-refractivity contribution is 6.03. The predicted octanol–water partition coefficient (Wildman–Crippen LogP) is 2.89. The molecular weight excluding hydrogens is 330 g/mol. The number of carbonyl (C=O) groups excluding carboxylic acids is 1. The molecule has 1 aliphatic heterocycles. The maximum Gasteiger partial charge on any atom is 0.274 e. The first kappa shape index (κ1) is 16.5. The Morgan fingerprint density at radius 1 is 1.23 bits per heavy atom. The Bertz CT molecular complexity index is 894. The van der Waals surface area contributed by atoms with E-state index in [0.29, 0.717) is 17.4 Å². The fraction of sp³-hybridized carbons (Fsp3) is 0.316. The van der Waals surface area contributed by atoms with Gasteiger partial charge in [-0.05, 0) is 18.9 Å². The predicted molar refractivity (Wildman–Crippen MR) is 97.9 cm³/mol. The van der Waals surface area contributed by atoms with E-state index in [0.717, 1.165) is 37.3 Å². The molecule has 7 nitrogen and oxygen atoms in total. The summed E-state index contributed by atoms with van der Waals surface area (Å²) in [6, 6.07) is 11.9. The van der Waals surface area contributed by atoms with Gasteiger partial charge in [-0.3, -0.25) is 14.2 Å². The van der Waals surface area contributed by atoms with Gasteiger partial charge in [0.1, 0.15) is 5.69 Å². The molecule has 2 aromatic heterocycles. The fourth-order valence-electron chi connectivity index (χ4n) is 3.18. The van der Waals surface area contributed by atoms with Crippen LogP contribution in [0.1, 0.15) is 29.4 Å². The van der Waals surface area contributed by atoms with Gasteiger partial charge in [0.15, 0.2) is 0 Å². The van der Waals surface area contributed by atoms with Crippen molar-refractivity contribution >= 4 is 11.6 Å². The molecule has 0 bridgehead atoms. The number of amides is 1. The van der Waals surface area contributed by atoms with Gasteiger partial charge < -0.3 is 10.1 Å². The van der Waals surface area contributed by atoms with E-state index in [-0.39, 0.29) is 5.91 Å². The van der Waals surface area contributed by atoms with E-state index in [4.69, 9.17) is 4.74 Å². The van der Waals surface area contributed by atoms with Crippen LogP contribution in [0.5, 0.6) is 0 Å². The van der Waals surface area contributed by atoms with Gasteiger partial charge in [0.2, 0.25) is 0 Å². The molecule has 0 aliphatic carbocycles. The summed E-state index contributed by atoms with van der Waals surface area (Å²) in [6.07, 6.45) is 5.44. The standard InChI is InChI=1S/C19H21N5O2/c1-23-18(11-17(22-23)14-5-3-2-4-6-14)19(25)21-15-12-20-24(13-15)16-7-9-26-10-8-16/h2-6,11-13,16H,7-10H2,1H3,(H,21,25). The summed E-state index contributed by atoms with van der Waals surface area (Å²) in [6.45, 7) is 1.51. The van der Waals surface area contributed by atoms with Crippen molar-refractivity contribution in [1.82, 2.24) is 19.6 Å². The molecule has 0 spiro atoms. The Morgan fingerprint density at radius 2 is 2.00 bits per heavy atom. The van der Waals surface area contributed by atoms with Crippen molar-refractivity contribution in [3.63, 3.8) is 0 Å². The molecule has 4 rings (SSSR count). The molecule has 1 aliphatic rings. The summed E-state index contributed by atoms with van der Waals surface area (Å²) in [5, 5.41) is 11.7. The van der Waals surface area contributed by atoms with Crippen molar-refractivity contribution in [2.24, 2.45) is 7.05 Å². The lowest BCUT2D eigenvalue weighted by Gasteiger charge is -2.22. The van der Waals surface area contributed by atoms with E-state index in [2.05, 4.69) is 15.5 Å². The highest BCUT2D eigenvalue weighted by Gasteiger charge is 2.18. The molecule has 1 fully saturated rings. The van der Waals surface area contributed by atoms with Gasteiger partial charge in [-0.15, -0.1) is 0 Å². The smallest absolute Gasteiger partial charge is 0.274 e. The van der Waals surface area contributed by atoms with Crippen LogP contribution < -0.4 is 5.32 Å². The van der Waals surface area contributed by atoms with E-state index in [1.807, 2.05) is 41.2 Å². The minimum absolute atomic E-state index is 0.200. The lowest BCUT2D eigenvalue weighted by molar-refractivity contribution is 0.0662. The lowest BCUT2D eigenvalue weighted by atomic mass is 10.1. The SMILES string of the molecule is Cn1nc(-c2ccccc2)cc1C(=O)Nc1cnn(C2CCOCC2)c1. The molecule has 0 saturated carbocycles. The van der Waals surface area contributed by atoms with Crippen molar-refractivity contribution in [2.75, 3.05) is 18.5 Å². The van der Waals surface area contributed by atoms with Gasteiger partial charge in [0, 0.05) is 32.0 Å². The van der Waals surface area contributed by atoms with Crippen molar-refractivity contribution in [3.05, 3.63) is 54.5 Å². The van der Waals surface area contributed by atoms with E-state index < -0.39 is 0 Å². The Hall–Kier alpha value is -2.93. The second-order valence-corrected chi connectivity index (χ2v) is 6.41. The van der Waals surface area contributed by atoms with Gasteiger partial charge in [0.25, 0.3) is 5.91 Å². The van der Waals surface area contributed by atoms with Crippen molar-refractivity contribution in [3.8, 4) is 11.3 Å². The van der Waals surface area contributed by atoms with E-state index in [1.165, 1.54) is 0 Å². The summed E-state index contributed by atoms with van der Waals surface area (Å²) in [5.74, 6) is -0.200. The van der Waals surface area contributed by atoms with Gasteiger partial charge >= 0.3 is 0 Å². The van der Waals surface area contributed by atoms with Crippen molar-refractivity contribution in [2.45, 2.75) is 18.9 Å². The second-order valence-electron chi connectivity index (χ2n) is 6.41. The molecule has 7 heteroatoms. The molecule has 3 aromatic rings. The Labute approximate surface area is 151 Å². The summed E-state index contributed by atoms with van der Waals surface area (Å²) in [5.41, 5.74) is 2.94. The number of hydrogen-bond donors (Lipinski definition) is 1. The third-order valence-corrected chi connectivity index (χ3v) is 4.61. The highest BCUT2D eigenvalue weighted by Crippen LogP contribution is 2.22. The van der Waals surface area contributed by atoms with Crippen LogP contribution >= 0.6 is 0 Å². The number of aryl methyl sites for hydroxylation is 1. The summed E-state index contributed by atoms with van der Waals surface area (Å²) in [4.78, 5) is 12.6. The Morgan fingerprint density at radius 3 is 2.77 bits per heavy atom. The fourth-order valence-corrected chi connectivity index (χ4v) is 3.18. The number of benzene rings is 1. The summed E-state index contributed by atoms with van der Waals surface area (Å²) < 4.78 is 8.89. The zero-order chi connectivity index (χ0) is 17.9. The molecule has 26 heavy (non-hydrogen) atoms. The minimum atomic E-state index is -0.200. The van der Waals surface area contributed by atoms with Crippen LogP contribution in [0.25, 0.3) is 11.3 Å². The van der Waals surface area contributed by atoms with Gasteiger partial charge in [-0.1, -0.05) is 30.3 Å². The third kappa shape index (κ3) is 3.39. The molecule has 0 atom stereocenters. The average molecular weight is 351 g/mol. The van der Waals surface area contributed by atoms with Crippen molar-refractivity contribution in [1.29, 1.82) is 0 Å². The van der Waals surface area contributed by atoms with Crippen LogP contribution in [0.15, 0.2) is 48.8 Å². The highest BCUT2D eigenvalue weighted by atomic mass is 16.5. The molecule has 1 N–H and O–H groups in total. The zero-order valence-electron chi connectivity index (χ0n) is 14.6. The number of nitrogens with one attached hydrogen (secondary N) is 1. The first-order valence-electron chi connectivity index (χ1n) is 8.73. The molecule has 3 heterocycles. The first-order valence-corrected chi connectivity index (χ1v) is 8.73. The van der Waals surface area contributed by atoms with E-state index in [9.17, 15) is 4.79 Å². The number of aromatic nitrogens is 4. The van der Waals surface area contributed by atoms with E-state index in [1.54, 1.807) is 24.0 Å². The number of hydrogen-bond acceptors (Lipinski definition) is 4. The average Bonchev–Trinajstić information content (AvgIpc) is 3.30. The van der Waals surface area contributed by atoms with Crippen LogP contribution in [0, 0.1) is 0 Å². The summed E-state index contributed by atoms with van der Waals surface area (Å²) in [7, 11) is 1.77. The first-order chi connectivity index (χ1) is 12.7. The van der Waals surface area contributed by atoms with E-state index >= 15 is 0 Å². The minimum Gasteiger partial charge on any atom is -0.381 e. The molecule has 0 radical (unpaired) electrons. The normalized spacial score (nSPS) is 15.1. The zero-order valence-corrected chi connectivity index (χ0v) is 14.6. The molecule has 134 valence electrons. The maximum absolute atomic E-state index is 12.6. The number of ether oxygens (including phenoxy) is 1. The van der Waals surface area contributed by atoms with Crippen LogP contribution in [0.2, 0.25) is 0 Å². The van der Waals surface area contributed by atoms with Gasteiger partial charge in [0.05, 0.1) is 23.6 Å². The quantitative estimate of drug-likeness (QED) is 0.784. The Balaban J connectivity index is 1.48. The van der Waals surface area contributed by atoms with Crippen LogP contribution in [-0.4, -0.2) is 38.7 Å². The van der Waals surface area contributed by atoms with Gasteiger partial charge in [-0.25, -0.2) is 0 Å². The maximum atomic E-state index is 12.6. The molecular formula is C19H21N5O2. The molecule has 1 saturated heterocycles. The summed E-state index contributed by atoms with van der Waals surface area (Å²) >= 11 is 0. The van der Waals surface area contributed by atoms with Gasteiger partial charge in [-0.2, -0.15) is 10.2 Å². The molecule has 0 unspecified atom stereocenters. The van der Waals surface area contributed by atoms with Crippen LogP contribution in [0.3, 0.4) is 0 Å². The number of carbonyl (C=O) groups is 1. The van der Waals surface area contributed by atoms with Crippen LogP contribution in [-0.2, 0) is 11.8 Å². The number of rotatable bonds is 4. The molecule has 1 amide bonds. The third-order valence-electron chi connectivity index (χ3n) is 4.61. The number of anilines is 1. The topological polar surface area (TPSA) is 74.0 Å². The lowest BCUT2D eigenvalue weighted by Crippen LogP contribution is -2.20. The number of nitrogens with zero attached hydrogens (tertiary/aromatic N) is 4.